The fourth-order valence-corrected chi connectivity index (χ4v) is 8.73. The predicted molar refractivity (Wildman–Crippen MR) is 227 cm³/mol. The summed E-state index contributed by atoms with van der Waals surface area (Å²) in [7, 11) is 0. The number of hydrogen-bond donors (Lipinski definition) is 0. The lowest BCUT2D eigenvalue weighted by molar-refractivity contribution is 0.768. The summed E-state index contributed by atoms with van der Waals surface area (Å²) in [5.74, 6) is 0. The van der Waals surface area contributed by atoms with Crippen molar-refractivity contribution in [2.75, 3.05) is 4.90 Å². The molecule has 1 heteroatoms. The minimum atomic E-state index is -0.468. The van der Waals surface area contributed by atoms with Crippen molar-refractivity contribution in [3.63, 3.8) is 0 Å². The minimum Gasteiger partial charge on any atom is -0.310 e. The third kappa shape index (κ3) is 5.17. The minimum absolute atomic E-state index is 0.468. The maximum atomic E-state index is 2.44. The molecule has 0 amide bonds. The summed E-state index contributed by atoms with van der Waals surface area (Å²) < 4.78 is 0. The van der Waals surface area contributed by atoms with E-state index in [0.29, 0.717) is 0 Å². The van der Waals surface area contributed by atoms with Crippen molar-refractivity contribution < 1.29 is 0 Å². The number of hydrogen-bond acceptors (Lipinski definition) is 1. The van der Waals surface area contributed by atoms with Crippen LogP contribution in [0.4, 0.5) is 17.1 Å². The number of rotatable bonds is 7. The molecule has 0 fully saturated rings. The summed E-state index contributed by atoms with van der Waals surface area (Å²) in [6.07, 6.45) is 0. The molecule has 1 aliphatic rings. The molecule has 0 bridgehead atoms. The van der Waals surface area contributed by atoms with Gasteiger partial charge in [0.1, 0.15) is 0 Å². The lowest BCUT2D eigenvalue weighted by Crippen LogP contribution is -2.28. The van der Waals surface area contributed by atoms with Gasteiger partial charge in [-0.2, -0.15) is 0 Å². The van der Waals surface area contributed by atoms with Crippen LogP contribution in [0, 0.1) is 0 Å². The zero-order chi connectivity index (χ0) is 35.9. The second-order valence-electron chi connectivity index (χ2n) is 14.1. The Morgan fingerprint density at radius 1 is 0.315 bits per heavy atom. The Kier molecular flexibility index (Phi) is 7.78. The van der Waals surface area contributed by atoms with E-state index in [-0.39, 0.29) is 0 Å². The molecule has 9 aromatic rings. The SMILES string of the molecule is c1ccc(-c2cccc(-c3ccc4cc(N(c5ccccc5)c5cccc6c5-c5ccccc5C6(c5ccccc5)c5ccccc5)ccc4c3)c2)cc1. The highest BCUT2D eigenvalue weighted by Crippen LogP contribution is 2.59. The number of nitrogens with zero attached hydrogens (tertiary/aromatic N) is 1. The Bertz CT molecular complexity index is 2710. The van der Waals surface area contributed by atoms with Crippen LogP contribution in [-0.2, 0) is 5.41 Å². The molecule has 254 valence electrons. The monoisotopic (exact) mass is 687 g/mol. The van der Waals surface area contributed by atoms with Gasteiger partial charge < -0.3 is 4.90 Å². The van der Waals surface area contributed by atoms with Gasteiger partial charge in [-0.25, -0.2) is 0 Å². The van der Waals surface area contributed by atoms with Crippen molar-refractivity contribution in [3.8, 4) is 33.4 Å². The Morgan fingerprint density at radius 2 is 0.833 bits per heavy atom. The second kappa shape index (κ2) is 13.2. The Labute approximate surface area is 317 Å². The topological polar surface area (TPSA) is 3.24 Å². The first-order valence-corrected chi connectivity index (χ1v) is 18.7. The highest BCUT2D eigenvalue weighted by molar-refractivity contribution is 5.99. The maximum absolute atomic E-state index is 2.44. The Balaban J connectivity index is 1.15. The molecule has 10 rings (SSSR count). The van der Waals surface area contributed by atoms with Crippen LogP contribution in [0.1, 0.15) is 22.3 Å². The van der Waals surface area contributed by atoms with Crippen molar-refractivity contribution >= 4 is 27.8 Å². The fourth-order valence-electron chi connectivity index (χ4n) is 8.73. The number of para-hydroxylation sites is 1. The molecule has 1 aliphatic carbocycles. The zero-order valence-electron chi connectivity index (χ0n) is 29.8. The molecular formula is C53H37N. The van der Waals surface area contributed by atoms with Gasteiger partial charge in [0.25, 0.3) is 0 Å². The highest BCUT2D eigenvalue weighted by atomic mass is 15.1. The molecule has 0 atom stereocenters. The molecule has 0 saturated heterocycles. The Morgan fingerprint density at radius 3 is 1.56 bits per heavy atom. The first-order valence-electron chi connectivity index (χ1n) is 18.7. The molecule has 0 radical (unpaired) electrons. The van der Waals surface area contributed by atoms with Crippen molar-refractivity contribution in [1.82, 2.24) is 0 Å². The van der Waals surface area contributed by atoms with Gasteiger partial charge in [-0.15, -0.1) is 0 Å². The largest absolute Gasteiger partial charge is 0.310 e. The van der Waals surface area contributed by atoms with Gasteiger partial charge in [0.15, 0.2) is 0 Å². The van der Waals surface area contributed by atoms with Crippen LogP contribution in [0.5, 0.6) is 0 Å². The summed E-state index contributed by atoms with van der Waals surface area (Å²) in [5.41, 5.74) is 15.5. The van der Waals surface area contributed by atoms with Crippen molar-refractivity contribution in [2.45, 2.75) is 5.41 Å². The van der Waals surface area contributed by atoms with Crippen molar-refractivity contribution in [3.05, 3.63) is 247 Å². The van der Waals surface area contributed by atoms with Gasteiger partial charge in [-0.3, -0.25) is 0 Å². The number of anilines is 3. The molecular weight excluding hydrogens is 651 g/mol. The van der Waals surface area contributed by atoms with E-state index < -0.39 is 5.41 Å². The summed E-state index contributed by atoms with van der Waals surface area (Å²) in [6.45, 7) is 0. The van der Waals surface area contributed by atoms with Crippen LogP contribution < -0.4 is 4.90 Å². The highest BCUT2D eigenvalue weighted by Gasteiger charge is 2.47. The zero-order valence-corrected chi connectivity index (χ0v) is 29.8. The van der Waals surface area contributed by atoms with Crippen LogP contribution in [-0.4, -0.2) is 0 Å². The smallest absolute Gasteiger partial charge is 0.0714 e. The van der Waals surface area contributed by atoms with E-state index in [1.165, 1.54) is 66.4 Å². The van der Waals surface area contributed by atoms with E-state index in [4.69, 9.17) is 0 Å². The molecule has 54 heavy (non-hydrogen) atoms. The predicted octanol–water partition coefficient (Wildman–Crippen LogP) is 14.0. The first-order chi connectivity index (χ1) is 26.8. The van der Waals surface area contributed by atoms with Crippen molar-refractivity contribution in [1.29, 1.82) is 0 Å². The van der Waals surface area contributed by atoms with Gasteiger partial charge in [0.2, 0.25) is 0 Å². The summed E-state index contributed by atoms with van der Waals surface area (Å²) >= 11 is 0. The third-order valence-electron chi connectivity index (χ3n) is 11.1. The van der Waals surface area contributed by atoms with Gasteiger partial charge >= 0.3 is 0 Å². The lowest BCUT2D eigenvalue weighted by atomic mass is 9.68. The lowest BCUT2D eigenvalue weighted by Gasteiger charge is -2.34. The van der Waals surface area contributed by atoms with Crippen molar-refractivity contribution in [2.24, 2.45) is 0 Å². The van der Waals surface area contributed by atoms with Gasteiger partial charge in [-0.1, -0.05) is 182 Å². The van der Waals surface area contributed by atoms with Crippen LogP contribution in [0.2, 0.25) is 0 Å². The van der Waals surface area contributed by atoms with E-state index in [2.05, 4.69) is 229 Å². The van der Waals surface area contributed by atoms with E-state index in [1.54, 1.807) is 0 Å². The molecule has 0 heterocycles. The quantitative estimate of drug-likeness (QED) is 0.161. The van der Waals surface area contributed by atoms with Gasteiger partial charge in [0.05, 0.1) is 11.1 Å². The Hall–Kier alpha value is -6.96. The van der Waals surface area contributed by atoms with E-state index in [0.717, 1.165) is 17.1 Å². The fraction of sp³-hybridized carbons (Fsp3) is 0.0189. The van der Waals surface area contributed by atoms with Crippen LogP contribution >= 0.6 is 0 Å². The first kappa shape index (κ1) is 31.7. The molecule has 0 N–H and O–H groups in total. The molecule has 0 aromatic heterocycles. The molecule has 0 unspecified atom stereocenters. The maximum Gasteiger partial charge on any atom is 0.0714 e. The molecule has 0 aliphatic heterocycles. The molecule has 0 saturated carbocycles. The van der Waals surface area contributed by atoms with Crippen LogP contribution in [0.25, 0.3) is 44.2 Å². The molecule has 9 aromatic carbocycles. The van der Waals surface area contributed by atoms with Gasteiger partial charge in [-0.05, 0) is 103 Å². The molecule has 0 spiro atoms. The standard InChI is InChI=1S/C53H37N/c1-5-17-38(18-6-1)39-19-15-20-40(35-39)41-31-32-43-37-47(34-33-42(43)36-41)54(46-25-11-4-12-26-46)51-30-16-29-50-52(51)48-27-13-14-28-49(48)53(50,44-21-7-2-8-22-44)45-23-9-3-10-24-45/h1-37H. The van der Waals surface area contributed by atoms with Crippen LogP contribution in [0.3, 0.4) is 0 Å². The van der Waals surface area contributed by atoms with E-state index >= 15 is 0 Å². The summed E-state index contributed by atoms with van der Waals surface area (Å²) in [4.78, 5) is 2.44. The number of benzene rings is 9. The summed E-state index contributed by atoms with van der Waals surface area (Å²) in [5, 5.41) is 2.41. The van der Waals surface area contributed by atoms with Crippen LogP contribution in [0.15, 0.2) is 224 Å². The molecule has 1 nitrogen and oxygen atoms in total. The number of fused-ring (bicyclic) bond motifs is 4. The normalized spacial score (nSPS) is 12.6. The van der Waals surface area contributed by atoms with E-state index in [9.17, 15) is 0 Å². The van der Waals surface area contributed by atoms with Gasteiger partial charge in [0, 0.05) is 16.9 Å². The second-order valence-corrected chi connectivity index (χ2v) is 14.1. The average Bonchev–Trinajstić information content (AvgIpc) is 3.57. The summed E-state index contributed by atoms with van der Waals surface area (Å²) in [6, 6.07) is 81.9. The average molecular weight is 688 g/mol. The third-order valence-corrected chi connectivity index (χ3v) is 11.1. The van der Waals surface area contributed by atoms with E-state index in [1.807, 2.05) is 0 Å².